The van der Waals surface area contributed by atoms with E-state index in [1.165, 1.54) is 21.6 Å². The minimum atomic E-state index is -0.598. The molecule has 4 rings (SSSR count). The van der Waals surface area contributed by atoms with Crippen molar-refractivity contribution < 1.29 is 19.1 Å². The second-order valence-electron chi connectivity index (χ2n) is 5.36. The molecule has 2 heterocycles. The van der Waals surface area contributed by atoms with Crippen LogP contribution < -0.4 is 9.47 Å². The van der Waals surface area contributed by atoms with E-state index in [4.69, 9.17) is 9.47 Å². The molecule has 124 valence electrons. The van der Waals surface area contributed by atoms with Crippen molar-refractivity contribution in [2.24, 2.45) is 0 Å². The minimum Gasteiger partial charge on any atom is -0.497 e. The zero-order valence-corrected chi connectivity index (χ0v) is 14.8. The highest BCUT2D eigenvalue weighted by Gasteiger charge is 2.34. The fourth-order valence-corrected chi connectivity index (χ4v) is 5.04. The number of hydrogen-bond acceptors (Lipinski definition) is 6. The number of fused-ring (bicyclic) bond motifs is 1. The number of Topliss-reactive ketones (excluding diaryl/α,β-unsaturated/α-hetero) is 1. The van der Waals surface area contributed by atoms with Crippen molar-refractivity contribution >= 4 is 38.2 Å². The summed E-state index contributed by atoms with van der Waals surface area (Å²) in [5.74, 6) is 0.208. The molecule has 0 bridgehead atoms. The van der Waals surface area contributed by atoms with Crippen LogP contribution in [0.15, 0.2) is 65.1 Å². The Balaban J connectivity index is 1.72. The first-order valence-corrected chi connectivity index (χ1v) is 9.63. The quantitative estimate of drug-likeness (QED) is 0.256. The highest BCUT2D eigenvalue weighted by Crippen LogP contribution is 2.51. The minimum absolute atomic E-state index is 0.0970. The van der Waals surface area contributed by atoms with Gasteiger partial charge in [0.1, 0.15) is 17.1 Å². The highest BCUT2D eigenvalue weighted by molar-refractivity contribution is 8.82. The van der Waals surface area contributed by atoms with Gasteiger partial charge in [0.15, 0.2) is 0 Å². The van der Waals surface area contributed by atoms with Crippen LogP contribution >= 0.6 is 21.6 Å². The fraction of sp³-hybridized carbons (Fsp3) is 0.0526. The summed E-state index contributed by atoms with van der Waals surface area (Å²) in [7, 11) is 4.53. The van der Waals surface area contributed by atoms with Gasteiger partial charge in [-0.1, -0.05) is 45.9 Å². The summed E-state index contributed by atoms with van der Waals surface area (Å²) >= 11 is 0. The van der Waals surface area contributed by atoms with E-state index in [2.05, 4.69) is 0 Å². The van der Waals surface area contributed by atoms with Crippen molar-refractivity contribution in [3.8, 4) is 11.5 Å². The van der Waals surface area contributed by atoms with Gasteiger partial charge in [-0.05, 0) is 35.9 Å². The van der Waals surface area contributed by atoms with E-state index in [1.807, 2.05) is 30.3 Å². The first kappa shape index (κ1) is 16.1. The van der Waals surface area contributed by atoms with E-state index >= 15 is 0 Å². The van der Waals surface area contributed by atoms with Gasteiger partial charge in [0.05, 0.1) is 12.7 Å². The van der Waals surface area contributed by atoms with Crippen molar-refractivity contribution in [2.45, 2.75) is 0 Å². The van der Waals surface area contributed by atoms with Crippen molar-refractivity contribution in [1.29, 1.82) is 0 Å². The van der Waals surface area contributed by atoms with Gasteiger partial charge in [-0.2, -0.15) is 0 Å². The van der Waals surface area contributed by atoms with Gasteiger partial charge < -0.3 is 9.47 Å². The lowest BCUT2D eigenvalue weighted by Crippen LogP contribution is -2.25. The number of carbonyl (C=O) groups excluding carboxylic acids is 2. The Morgan fingerprint density at radius 1 is 0.960 bits per heavy atom. The number of hydrogen-bond donors (Lipinski definition) is 0. The third-order valence-electron chi connectivity index (χ3n) is 3.87. The molecule has 4 nitrogen and oxygen atoms in total. The molecule has 2 aliphatic rings. The monoisotopic (exact) mass is 368 g/mol. The van der Waals surface area contributed by atoms with Crippen molar-refractivity contribution in [1.82, 2.24) is 0 Å². The zero-order chi connectivity index (χ0) is 17.4. The molecule has 0 fully saturated rings. The molecule has 0 unspecified atom stereocenters. The van der Waals surface area contributed by atoms with E-state index in [0.29, 0.717) is 16.2 Å². The third kappa shape index (κ3) is 2.88. The van der Waals surface area contributed by atoms with Gasteiger partial charge in [-0.25, -0.2) is 4.79 Å². The molecule has 0 saturated carbocycles. The van der Waals surface area contributed by atoms with E-state index in [1.54, 1.807) is 31.4 Å². The second-order valence-corrected chi connectivity index (χ2v) is 7.57. The van der Waals surface area contributed by atoms with E-state index in [0.717, 1.165) is 16.2 Å². The molecule has 0 aromatic heterocycles. The molecule has 2 aromatic rings. The second kappa shape index (κ2) is 6.46. The van der Waals surface area contributed by atoms with Crippen LogP contribution in [0.25, 0.3) is 4.91 Å². The average molecular weight is 368 g/mol. The summed E-state index contributed by atoms with van der Waals surface area (Å²) in [5.41, 5.74) is 1.52. The predicted octanol–water partition coefficient (Wildman–Crippen LogP) is 4.49. The number of rotatable bonds is 2. The largest absolute Gasteiger partial charge is 0.497 e. The Morgan fingerprint density at radius 3 is 2.48 bits per heavy atom. The van der Waals surface area contributed by atoms with Crippen molar-refractivity contribution in [3.05, 3.63) is 76.2 Å². The molecule has 6 heteroatoms. The summed E-state index contributed by atoms with van der Waals surface area (Å²) in [6.07, 6.45) is 1.86. The summed E-state index contributed by atoms with van der Waals surface area (Å²) < 4.78 is 10.5. The fourth-order valence-electron chi connectivity index (χ4n) is 2.59. The first-order chi connectivity index (χ1) is 12.2. The van der Waals surface area contributed by atoms with Gasteiger partial charge in [0.2, 0.25) is 5.78 Å². The van der Waals surface area contributed by atoms with Crippen LogP contribution in [0.2, 0.25) is 0 Å². The topological polar surface area (TPSA) is 52.6 Å². The van der Waals surface area contributed by atoms with Gasteiger partial charge in [0, 0.05) is 9.81 Å². The number of methoxy groups -OCH3 is 1. The number of benzene rings is 2. The third-order valence-corrected chi connectivity index (χ3v) is 6.32. The molecule has 0 amide bonds. The lowest BCUT2D eigenvalue weighted by atomic mass is 9.99. The Kier molecular flexibility index (Phi) is 4.15. The summed E-state index contributed by atoms with van der Waals surface area (Å²) in [6, 6.07) is 14.4. The SMILES string of the molecule is COc1ccc(C2=CC(=C3C(=O)Oc4ccccc4C3=O)SS2)cc1. The van der Waals surface area contributed by atoms with E-state index < -0.39 is 5.97 Å². The summed E-state index contributed by atoms with van der Waals surface area (Å²) in [6.45, 7) is 0. The van der Waals surface area contributed by atoms with Crippen LogP contribution in [0.5, 0.6) is 11.5 Å². The lowest BCUT2D eigenvalue weighted by molar-refractivity contribution is -0.130. The maximum absolute atomic E-state index is 12.7. The molecule has 0 aliphatic carbocycles. The maximum Gasteiger partial charge on any atom is 0.348 e. The molecule has 0 radical (unpaired) electrons. The number of ether oxygens (including phenoxy) is 2. The van der Waals surface area contributed by atoms with Crippen molar-refractivity contribution in [3.63, 3.8) is 0 Å². The predicted molar refractivity (Wildman–Crippen MR) is 99.6 cm³/mol. The molecule has 0 spiro atoms. The average Bonchev–Trinajstić information content (AvgIpc) is 3.11. The Hall–Kier alpha value is -2.44. The standard InChI is InChI=1S/C19H12O4S2/c1-22-12-8-6-11(7-9-12)15-10-16(25-24-15)17-18(20)13-4-2-3-5-14(13)23-19(17)21/h2-10H,1H3. The molecular formula is C19H12O4S2. The van der Waals surface area contributed by atoms with Crippen molar-refractivity contribution in [2.75, 3.05) is 7.11 Å². The van der Waals surface area contributed by atoms with Gasteiger partial charge in [-0.3, -0.25) is 4.79 Å². The molecule has 25 heavy (non-hydrogen) atoms. The van der Waals surface area contributed by atoms with Crippen LogP contribution in [0.1, 0.15) is 15.9 Å². The molecule has 0 atom stereocenters. The smallest absolute Gasteiger partial charge is 0.348 e. The number of ketones is 1. The van der Waals surface area contributed by atoms with Crippen LogP contribution in [0, 0.1) is 0 Å². The van der Waals surface area contributed by atoms with Crippen LogP contribution in [-0.4, -0.2) is 18.9 Å². The Morgan fingerprint density at radius 2 is 1.72 bits per heavy atom. The maximum atomic E-state index is 12.7. The molecule has 0 N–H and O–H groups in total. The lowest BCUT2D eigenvalue weighted by Gasteiger charge is -2.17. The number of para-hydroxylation sites is 1. The van der Waals surface area contributed by atoms with Gasteiger partial charge >= 0.3 is 5.97 Å². The number of allylic oxidation sites excluding steroid dienone is 1. The highest BCUT2D eigenvalue weighted by atomic mass is 33.1. The molecular weight excluding hydrogens is 356 g/mol. The van der Waals surface area contributed by atoms with Crippen LogP contribution in [-0.2, 0) is 4.79 Å². The van der Waals surface area contributed by atoms with Crippen LogP contribution in [0.3, 0.4) is 0 Å². The van der Waals surface area contributed by atoms with Gasteiger partial charge in [-0.15, -0.1) is 0 Å². The summed E-state index contributed by atoms with van der Waals surface area (Å²) in [5, 5.41) is 0. The van der Waals surface area contributed by atoms with Gasteiger partial charge in [0.25, 0.3) is 0 Å². The Bertz CT molecular complexity index is 942. The normalized spacial score (nSPS) is 19.3. The number of esters is 1. The molecule has 2 aromatic carbocycles. The molecule has 0 saturated heterocycles. The Labute approximate surface area is 152 Å². The molecule has 2 aliphatic heterocycles. The van der Waals surface area contributed by atoms with E-state index in [-0.39, 0.29) is 11.4 Å². The summed E-state index contributed by atoms with van der Waals surface area (Å²) in [4.78, 5) is 26.6. The van der Waals surface area contributed by atoms with Crippen LogP contribution in [0.4, 0.5) is 0 Å². The van der Waals surface area contributed by atoms with E-state index in [9.17, 15) is 9.59 Å². The zero-order valence-electron chi connectivity index (χ0n) is 13.1. The number of carbonyl (C=O) groups is 2. The first-order valence-electron chi connectivity index (χ1n) is 7.48.